The van der Waals surface area contributed by atoms with Gasteiger partial charge in [-0.2, -0.15) is 0 Å². The molecular formula is C12H21N3O4. The van der Waals surface area contributed by atoms with Crippen molar-refractivity contribution in [3.63, 3.8) is 0 Å². The van der Waals surface area contributed by atoms with Gasteiger partial charge in [0.15, 0.2) is 0 Å². The number of carbonyl (C=O) groups is 3. The Kier molecular flexibility index (Phi) is 4.74. The molecule has 0 spiro atoms. The fourth-order valence-corrected chi connectivity index (χ4v) is 1.89. The predicted octanol–water partition coefficient (Wildman–Crippen LogP) is 0.0504. The number of hydrogen-bond donors (Lipinski definition) is 4. The van der Waals surface area contributed by atoms with Crippen molar-refractivity contribution in [1.29, 1.82) is 0 Å². The lowest BCUT2D eigenvalue weighted by Gasteiger charge is -2.14. The topological polar surface area (TPSA) is 122 Å². The van der Waals surface area contributed by atoms with Gasteiger partial charge in [0.25, 0.3) is 0 Å². The molecule has 0 heterocycles. The van der Waals surface area contributed by atoms with Crippen molar-refractivity contribution >= 4 is 17.9 Å². The number of carbonyl (C=O) groups excluding carboxylic acids is 2. The highest BCUT2D eigenvalue weighted by Crippen LogP contribution is 2.50. The third-order valence-corrected chi connectivity index (χ3v) is 3.51. The highest BCUT2D eigenvalue weighted by molar-refractivity contribution is 5.83. The van der Waals surface area contributed by atoms with E-state index < -0.39 is 23.9 Å². The van der Waals surface area contributed by atoms with Gasteiger partial charge in [0.2, 0.25) is 5.91 Å². The largest absolute Gasteiger partial charge is 0.480 e. The van der Waals surface area contributed by atoms with Crippen molar-refractivity contribution in [3.05, 3.63) is 0 Å². The lowest BCUT2D eigenvalue weighted by molar-refractivity contribution is -0.139. The zero-order chi connectivity index (χ0) is 14.6. The maximum Gasteiger partial charge on any atom is 0.326 e. The van der Waals surface area contributed by atoms with E-state index in [0.29, 0.717) is 12.5 Å². The highest BCUT2D eigenvalue weighted by Gasteiger charge is 2.45. The summed E-state index contributed by atoms with van der Waals surface area (Å²) in [7, 11) is 0. The molecule has 0 radical (unpaired) electrons. The summed E-state index contributed by atoms with van der Waals surface area (Å²) < 4.78 is 0. The van der Waals surface area contributed by atoms with Crippen LogP contribution in [0.3, 0.4) is 0 Å². The van der Waals surface area contributed by atoms with Gasteiger partial charge in [0.1, 0.15) is 6.04 Å². The van der Waals surface area contributed by atoms with Crippen LogP contribution in [-0.2, 0) is 9.59 Å². The quantitative estimate of drug-likeness (QED) is 0.522. The van der Waals surface area contributed by atoms with Crippen LogP contribution in [-0.4, -0.2) is 35.6 Å². The Balaban J connectivity index is 2.30. The Bertz CT molecular complexity index is 381. The van der Waals surface area contributed by atoms with Crippen molar-refractivity contribution in [2.24, 2.45) is 17.1 Å². The zero-order valence-corrected chi connectivity index (χ0v) is 11.2. The van der Waals surface area contributed by atoms with Crippen LogP contribution in [0.25, 0.3) is 0 Å². The SMILES string of the molecule is CC1(C)CC1CNC(=O)N[C@@H](CCC(N)=O)C(=O)O. The number of urea groups is 1. The fraction of sp³-hybridized carbons (Fsp3) is 0.750. The molecule has 0 aromatic carbocycles. The van der Waals surface area contributed by atoms with E-state index in [9.17, 15) is 14.4 Å². The van der Waals surface area contributed by atoms with E-state index in [4.69, 9.17) is 10.8 Å². The standard InChI is InChI=1S/C12H21N3O4/c1-12(2)5-7(12)6-14-11(19)15-8(10(17)18)3-4-9(13)16/h7-8H,3-6H2,1-2H3,(H2,13,16)(H,17,18)(H2,14,15,19)/t7?,8-/m0/s1. The number of primary amides is 1. The number of nitrogens with two attached hydrogens (primary N) is 1. The van der Waals surface area contributed by atoms with Crippen molar-refractivity contribution in [2.45, 2.75) is 39.2 Å². The number of nitrogens with one attached hydrogen (secondary N) is 2. The lowest BCUT2D eigenvalue weighted by Crippen LogP contribution is -2.46. The smallest absolute Gasteiger partial charge is 0.326 e. The van der Waals surface area contributed by atoms with E-state index in [-0.39, 0.29) is 18.3 Å². The molecule has 0 aromatic rings. The third kappa shape index (κ3) is 5.15. The van der Waals surface area contributed by atoms with Crippen molar-refractivity contribution in [1.82, 2.24) is 10.6 Å². The highest BCUT2D eigenvalue weighted by atomic mass is 16.4. The molecule has 0 bridgehead atoms. The van der Waals surface area contributed by atoms with E-state index in [1.165, 1.54) is 0 Å². The average Bonchev–Trinajstić information content (AvgIpc) is 2.89. The number of amides is 3. The van der Waals surface area contributed by atoms with Crippen LogP contribution in [0.5, 0.6) is 0 Å². The second kappa shape index (κ2) is 5.90. The molecule has 0 aliphatic heterocycles. The van der Waals surface area contributed by atoms with Gasteiger partial charge in [-0.05, 0) is 24.2 Å². The van der Waals surface area contributed by atoms with Crippen LogP contribution >= 0.6 is 0 Å². The molecule has 1 aliphatic carbocycles. The molecule has 19 heavy (non-hydrogen) atoms. The normalized spacial score (nSPS) is 21.3. The van der Waals surface area contributed by atoms with Crippen molar-refractivity contribution in [3.8, 4) is 0 Å². The van der Waals surface area contributed by atoms with Gasteiger partial charge in [-0.1, -0.05) is 13.8 Å². The number of aliphatic carboxylic acids is 1. The van der Waals surface area contributed by atoms with Crippen LogP contribution in [0.15, 0.2) is 0 Å². The molecule has 7 nitrogen and oxygen atoms in total. The minimum Gasteiger partial charge on any atom is -0.480 e. The molecule has 1 aliphatic rings. The van der Waals surface area contributed by atoms with Gasteiger partial charge < -0.3 is 21.5 Å². The number of hydrogen-bond acceptors (Lipinski definition) is 3. The molecule has 7 heteroatoms. The molecule has 1 unspecified atom stereocenters. The van der Waals surface area contributed by atoms with Crippen LogP contribution < -0.4 is 16.4 Å². The molecule has 1 saturated carbocycles. The number of carboxylic acids is 1. The maximum atomic E-state index is 11.5. The molecule has 2 atom stereocenters. The first-order valence-electron chi connectivity index (χ1n) is 6.28. The summed E-state index contributed by atoms with van der Waals surface area (Å²) in [6.45, 7) is 4.76. The molecule has 0 aromatic heterocycles. The number of carboxylic acid groups (broad SMARTS) is 1. The lowest BCUT2D eigenvalue weighted by atomic mass is 10.1. The monoisotopic (exact) mass is 271 g/mol. The van der Waals surface area contributed by atoms with Gasteiger partial charge >= 0.3 is 12.0 Å². The second-order valence-corrected chi connectivity index (χ2v) is 5.64. The van der Waals surface area contributed by atoms with E-state index in [2.05, 4.69) is 24.5 Å². The van der Waals surface area contributed by atoms with E-state index >= 15 is 0 Å². The van der Waals surface area contributed by atoms with Crippen molar-refractivity contribution < 1.29 is 19.5 Å². The van der Waals surface area contributed by atoms with Gasteiger partial charge in [0.05, 0.1) is 0 Å². The second-order valence-electron chi connectivity index (χ2n) is 5.64. The first-order valence-corrected chi connectivity index (χ1v) is 6.28. The summed E-state index contributed by atoms with van der Waals surface area (Å²) in [5.74, 6) is -1.33. The van der Waals surface area contributed by atoms with Crippen LogP contribution in [0, 0.1) is 11.3 Å². The van der Waals surface area contributed by atoms with Gasteiger partial charge in [-0.25, -0.2) is 9.59 Å². The zero-order valence-electron chi connectivity index (χ0n) is 11.2. The maximum absolute atomic E-state index is 11.5. The molecule has 3 amide bonds. The first-order chi connectivity index (χ1) is 8.72. The van der Waals surface area contributed by atoms with Crippen LogP contribution in [0.1, 0.15) is 33.1 Å². The van der Waals surface area contributed by atoms with Gasteiger partial charge in [0, 0.05) is 13.0 Å². The molecule has 5 N–H and O–H groups in total. The van der Waals surface area contributed by atoms with E-state index in [1.54, 1.807) is 0 Å². The minimum atomic E-state index is -1.18. The van der Waals surface area contributed by atoms with E-state index in [1.807, 2.05) is 0 Å². The minimum absolute atomic E-state index is 0.00694. The van der Waals surface area contributed by atoms with Crippen LogP contribution in [0.4, 0.5) is 4.79 Å². The summed E-state index contributed by atoms with van der Waals surface area (Å²) in [5.41, 5.74) is 5.20. The van der Waals surface area contributed by atoms with Gasteiger partial charge in [-0.3, -0.25) is 4.79 Å². The molecular weight excluding hydrogens is 250 g/mol. The molecule has 1 rings (SSSR count). The Hall–Kier alpha value is -1.79. The Labute approximate surface area is 111 Å². The summed E-state index contributed by atoms with van der Waals surface area (Å²) in [6.07, 6.45) is 0.969. The molecule has 0 saturated heterocycles. The number of rotatable bonds is 7. The van der Waals surface area contributed by atoms with Crippen molar-refractivity contribution in [2.75, 3.05) is 6.54 Å². The molecule has 108 valence electrons. The van der Waals surface area contributed by atoms with Crippen LogP contribution in [0.2, 0.25) is 0 Å². The van der Waals surface area contributed by atoms with Gasteiger partial charge in [-0.15, -0.1) is 0 Å². The Morgan fingerprint density at radius 3 is 2.42 bits per heavy atom. The Morgan fingerprint density at radius 2 is 2.00 bits per heavy atom. The summed E-state index contributed by atoms with van der Waals surface area (Å²) in [5, 5.41) is 13.9. The average molecular weight is 271 g/mol. The summed E-state index contributed by atoms with van der Waals surface area (Å²) in [6, 6.07) is -1.63. The third-order valence-electron chi connectivity index (χ3n) is 3.51. The summed E-state index contributed by atoms with van der Waals surface area (Å²) >= 11 is 0. The van der Waals surface area contributed by atoms with E-state index in [0.717, 1.165) is 6.42 Å². The fourth-order valence-electron chi connectivity index (χ4n) is 1.89. The molecule has 1 fully saturated rings. The predicted molar refractivity (Wildman–Crippen MR) is 68.3 cm³/mol. The first kappa shape index (κ1) is 15.3. The summed E-state index contributed by atoms with van der Waals surface area (Å²) in [4.78, 5) is 33.1. The Morgan fingerprint density at radius 1 is 1.42 bits per heavy atom.